The summed E-state index contributed by atoms with van der Waals surface area (Å²) in [4.78, 5) is -0.0707. The maximum Gasteiger partial charge on any atom is 0.184 e. The lowest BCUT2D eigenvalue weighted by atomic mass is 10.1. The van der Waals surface area contributed by atoms with Crippen molar-refractivity contribution in [2.75, 3.05) is 5.73 Å². The normalized spacial score (nSPS) is 11.1. The van der Waals surface area contributed by atoms with Gasteiger partial charge in [-0.1, -0.05) is 15.9 Å². The van der Waals surface area contributed by atoms with E-state index in [1.165, 1.54) is 24.3 Å². The van der Waals surface area contributed by atoms with Gasteiger partial charge < -0.3 is 5.73 Å². The van der Waals surface area contributed by atoms with Crippen LogP contribution >= 0.6 is 15.9 Å². The number of nitrogens with two attached hydrogens (primary N) is 1. The van der Waals surface area contributed by atoms with E-state index in [2.05, 4.69) is 15.9 Å². The van der Waals surface area contributed by atoms with Gasteiger partial charge in [0.1, 0.15) is 5.82 Å². The Balaban J connectivity index is 2.47. The Morgan fingerprint density at radius 1 is 1.24 bits per heavy atom. The first-order valence-corrected chi connectivity index (χ1v) is 8.24. The summed E-state index contributed by atoms with van der Waals surface area (Å²) < 4.78 is 39.0. The molecule has 0 bridgehead atoms. The van der Waals surface area contributed by atoms with E-state index in [1.807, 2.05) is 6.07 Å². The van der Waals surface area contributed by atoms with Crippen LogP contribution in [-0.4, -0.2) is 8.42 Å². The monoisotopic (exact) mass is 368 g/mol. The molecule has 0 saturated carbocycles. The van der Waals surface area contributed by atoms with E-state index in [-0.39, 0.29) is 21.7 Å². The van der Waals surface area contributed by atoms with Crippen LogP contribution in [0.15, 0.2) is 45.8 Å². The van der Waals surface area contributed by atoms with Crippen LogP contribution in [0.4, 0.5) is 10.1 Å². The Labute approximate surface area is 130 Å². The van der Waals surface area contributed by atoms with Gasteiger partial charge in [-0.15, -0.1) is 0 Å². The Morgan fingerprint density at radius 3 is 2.62 bits per heavy atom. The first-order valence-electron chi connectivity index (χ1n) is 5.80. The van der Waals surface area contributed by atoms with Crippen LogP contribution in [0.3, 0.4) is 0 Å². The largest absolute Gasteiger partial charge is 0.398 e. The molecule has 0 atom stereocenters. The van der Waals surface area contributed by atoms with Crippen molar-refractivity contribution in [1.82, 2.24) is 0 Å². The molecule has 2 aromatic rings. The Bertz CT molecular complexity index is 845. The second-order valence-electron chi connectivity index (χ2n) is 4.36. The summed E-state index contributed by atoms with van der Waals surface area (Å²) in [6.45, 7) is 0. The van der Waals surface area contributed by atoms with Crippen LogP contribution in [0.5, 0.6) is 0 Å². The van der Waals surface area contributed by atoms with E-state index in [1.54, 1.807) is 6.07 Å². The summed E-state index contributed by atoms with van der Waals surface area (Å²) in [7, 11) is -3.82. The fraction of sp³-hybridized carbons (Fsp3) is 0.0714. The van der Waals surface area contributed by atoms with Gasteiger partial charge in [-0.2, -0.15) is 5.26 Å². The molecule has 7 heteroatoms. The summed E-state index contributed by atoms with van der Waals surface area (Å²) >= 11 is 3.17. The van der Waals surface area contributed by atoms with Crippen molar-refractivity contribution in [3.8, 4) is 6.07 Å². The van der Waals surface area contributed by atoms with Gasteiger partial charge in [-0.3, -0.25) is 0 Å². The molecular formula is C14H10BrFN2O2S. The summed E-state index contributed by atoms with van der Waals surface area (Å²) in [6, 6.07) is 9.88. The second kappa shape index (κ2) is 5.84. The maximum atomic E-state index is 13.7. The highest BCUT2D eigenvalue weighted by Gasteiger charge is 2.21. The average molecular weight is 369 g/mol. The number of benzene rings is 2. The summed E-state index contributed by atoms with van der Waals surface area (Å²) in [5.74, 6) is -1.24. The predicted molar refractivity (Wildman–Crippen MR) is 80.6 cm³/mol. The minimum Gasteiger partial charge on any atom is -0.398 e. The van der Waals surface area contributed by atoms with Crippen molar-refractivity contribution in [3.63, 3.8) is 0 Å². The fourth-order valence-electron chi connectivity index (χ4n) is 1.81. The first kappa shape index (κ1) is 15.5. The highest BCUT2D eigenvalue weighted by Crippen LogP contribution is 2.27. The van der Waals surface area contributed by atoms with Gasteiger partial charge in [-0.05, 0) is 36.4 Å². The molecule has 2 rings (SSSR count). The van der Waals surface area contributed by atoms with Gasteiger partial charge in [0.15, 0.2) is 9.84 Å². The van der Waals surface area contributed by atoms with Crippen LogP contribution < -0.4 is 5.73 Å². The van der Waals surface area contributed by atoms with E-state index in [0.717, 1.165) is 6.07 Å². The quantitative estimate of drug-likeness (QED) is 0.843. The molecule has 0 aromatic heterocycles. The maximum absolute atomic E-state index is 13.7. The number of halogens is 2. The zero-order valence-electron chi connectivity index (χ0n) is 10.7. The van der Waals surface area contributed by atoms with Gasteiger partial charge in [0.05, 0.1) is 28.0 Å². The van der Waals surface area contributed by atoms with Crippen LogP contribution in [0.25, 0.3) is 0 Å². The van der Waals surface area contributed by atoms with Crippen molar-refractivity contribution in [2.24, 2.45) is 0 Å². The van der Waals surface area contributed by atoms with Gasteiger partial charge >= 0.3 is 0 Å². The second-order valence-corrected chi connectivity index (χ2v) is 7.23. The molecular weight excluding hydrogens is 359 g/mol. The standard InChI is InChI=1S/C14H10BrFN2O2S/c15-11-2-4-13(18)14(6-11)21(19,20)8-10-5-9(7-17)1-3-12(10)16/h1-6H,8,18H2. The van der Waals surface area contributed by atoms with E-state index in [4.69, 9.17) is 11.0 Å². The average Bonchev–Trinajstić information content (AvgIpc) is 2.43. The SMILES string of the molecule is N#Cc1ccc(F)c(CS(=O)(=O)c2cc(Br)ccc2N)c1. The molecule has 0 aliphatic carbocycles. The first-order chi connectivity index (χ1) is 9.83. The smallest absolute Gasteiger partial charge is 0.184 e. The third-order valence-electron chi connectivity index (χ3n) is 2.83. The van der Waals surface area contributed by atoms with Crippen LogP contribution in [0, 0.1) is 17.1 Å². The molecule has 0 spiro atoms. The molecule has 0 aliphatic rings. The number of sulfone groups is 1. The number of hydrogen-bond donors (Lipinski definition) is 1. The summed E-state index contributed by atoms with van der Waals surface area (Å²) in [5, 5.41) is 8.80. The van der Waals surface area contributed by atoms with E-state index >= 15 is 0 Å². The molecule has 0 aliphatic heterocycles. The van der Waals surface area contributed by atoms with Crippen LogP contribution in [0.1, 0.15) is 11.1 Å². The zero-order valence-corrected chi connectivity index (χ0v) is 13.1. The number of hydrogen-bond acceptors (Lipinski definition) is 4. The van der Waals surface area contributed by atoms with E-state index < -0.39 is 21.4 Å². The summed E-state index contributed by atoms with van der Waals surface area (Å²) in [5.41, 5.74) is 5.91. The van der Waals surface area contributed by atoms with Crippen LogP contribution in [0.2, 0.25) is 0 Å². The molecule has 0 radical (unpaired) electrons. The van der Waals surface area contributed by atoms with Gasteiger partial charge in [-0.25, -0.2) is 12.8 Å². The minimum absolute atomic E-state index is 0.0616. The molecule has 2 aromatic carbocycles. The van der Waals surface area contributed by atoms with Gasteiger partial charge in [0.25, 0.3) is 0 Å². The third kappa shape index (κ3) is 3.40. The highest BCUT2D eigenvalue weighted by molar-refractivity contribution is 9.10. The minimum atomic E-state index is -3.82. The third-order valence-corrected chi connectivity index (χ3v) is 5.04. The molecule has 0 amide bonds. The van der Waals surface area contributed by atoms with Crippen molar-refractivity contribution in [1.29, 1.82) is 5.26 Å². The lowest BCUT2D eigenvalue weighted by molar-refractivity contribution is 0.587. The molecule has 0 saturated heterocycles. The van der Waals surface area contributed by atoms with Gasteiger partial charge in [0.2, 0.25) is 0 Å². The number of nitriles is 1. The Kier molecular flexibility index (Phi) is 4.30. The van der Waals surface area contributed by atoms with Crippen LogP contribution in [-0.2, 0) is 15.6 Å². The van der Waals surface area contributed by atoms with Crippen molar-refractivity contribution >= 4 is 31.5 Å². The molecule has 0 heterocycles. The zero-order chi connectivity index (χ0) is 15.6. The molecule has 2 N–H and O–H groups in total. The molecule has 4 nitrogen and oxygen atoms in total. The Morgan fingerprint density at radius 2 is 1.95 bits per heavy atom. The Hall–Kier alpha value is -1.91. The number of nitrogens with zero attached hydrogens (tertiary/aromatic N) is 1. The number of anilines is 1. The fourth-order valence-corrected chi connectivity index (χ4v) is 3.85. The van der Waals surface area contributed by atoms with Gasteiger partial charge in [0, 0.05) is 10.0 Å². The van der Waals surface area contributed by atoms with Crippen molar-refractivity contribution < 1.29 is 12.8 Å². The predicted octanol–water partition coefficient (Wildman–Crippen LogP) is 3.02. The van der Waals surface area contributed by atoms with E-state index in [0.29, 0.717) is 4.47 Å². The number of nitrogen functional groups attached to an aromatic ring is 1. The topological polar surface area (TPSA) is 84.0 Å². The van der Waals surface area contributed by atoms with Crippen molar-refractivity contribution in [2.45, 2.75) is 10.6 Å². The number of rotatable bonds is 3. The molecule has 21 heavy (non-hydrogen) atoms. The molecule has 108 valence electrons. The lowest BCUT2D eigenvalue weighted by Crippen LogP contribution is -2.09. The van der Waals surface area contributed by atoms with E-state index in [9.17, 15) is 12.8 Å². The highest BCUT2D eigenvalue weighted by atomic mass is 79.9. The molecule has 0 fully saturated rings. The summed E-state index contributed by atoms with van der Waals surface area (Å²) in [6.07, 6.45) is 0. The van der Waals surface area contributed by atoms with Crippen molar-refractivity contribution in [3.05, 3.63) is 57.8 Å². The lowest BCUT2D eigenvalue weighted by Gasteiger charge is -2.09. The molecule has 0 unspecified atom stereocenters.